The molecule has 106 valence electrons. The molecule has 0 heterocycles. The second-order valence-corrected chi connectivity index (χ2v) is 5.44. The van der Waals surface area contributed by atoms with Crippen molar-refractivity contribution in [3.05, 3.63) is 69.7 Å². The fraction of sp³-hybridized carbons (Fsp3) is 0.250. The summed E-state index contributed by atoms with van der Waals surface area (Å²) in [6.45, 7) is 2.77. The molecule has 1 N–H and O–H groups in total. The van der Waals surface area contributed by atoms with Gasteiger partial charge in [-0.1, -0.05) is 37.3 Å². The molecule has 0 saturated carbocycles. The third-order valence-corrected chi connectivity index (χ3v) is 3.69. The SMILES string of the molecule is CCCNC(c1ccccc1)c1cc(F)c(Br)cc1F. The van der Waals surface area contributed by atoms with Crippen LogP contribution in [0.4, 0.5) is 8.78 Å². The van der Waals surface area contributed by atoms with Crippen LogP contribution in [-0.2, 0) is 0 Å². The first-order chi connectivity index (χ1) is 9.63. The van der Waals surface area contributed by atoms with Gasteiger partial charge in [-0.2, -0.15) is 0 Å². The quantitative estimate of drug-likeness (QED) is 0.770. The summed E-state index contributed by atoms with van der Waals surface area (Å²) in [6, 6.07) is 11.6. The van der Waals surface area contributed by atoms with Crippen LogP contribution in [0.1, 0.15) is 30.5 Å². The van der Waals surface area contributed by atoms with E-state index in [4.69, 9.17) is 0 Å². The fourth-order valence-electron chi connectivity index (χ4n) is 2.10. The molecular weight excluding hydrogens is 324 g/mol. The van der Waals surface area contributed by atoms with Crippen molar-refractivity contribution >= 4 is 15.9 Å². The van der Waals surface area contributed by atoms with Crippen LogP contribution in [-0.4, -0.2) is 6.54 Å². The van der Waals surface area contributed by atoms with E-state index in [1.54, 1.807) is 0 Å². The lowest BCUT2D eigenvalue weighted by molar-refractivity contribution is 0.533. The molecule has 0 aromatic heterocycles. The Hall–Kier alpha value is -1.26. The predicted octanol–water partition coefficient (Wildman–Crippen LogP) is 4.82. The Morgan fingerprint density at radius 3 is 2.45 bits per heavy atom. The Balaban J connectivity index is 2.44. The molecule has 0 aliphatic rings. The first kappa shape index (κ1) is 15.1. The molecule has 0 bridgehead atoms. The number of hydrogen-bond acceptors (Lipinski definition) is 1. The highest BCUT2D eigenvalue weighted by Gasteiger charge is 2.19. The van der Waals surface area contributed by atoms with Crippen LogP contribution in [0.2, 0.25) is 0 Å². The first-order valence-corrected chi connectivity index (χ1v) is 7.35. The molecule has 0 amide bonds. The van der Waals surface area contributed by atoms with Gasteiger partial charge in [-0.05, 0) is 46.6 Å². The summed E-state index contributed by atoms with van der Waals surface area (Å²) in [5.74, 6) is -0.878. The molecule has 2 rings (SSSR count). The van der Waals surface area contributed by atoms with Gasteiger partial charge in [0.2, 0.25) is 0 Å². The number of hydrogen-bond donors (Lipinski definition) is 1. The Morgan fingerprint density at radius 1 is 1.10 bits per heavy atom. The van der Waals surface area contributed by atoms with Crippen molar-refractivity contribution in [1.82, 2.24) is 5.32 Å². The van der Waals surface area contributed by atoms with Gasteiger partial charge in [-0.3, -0.25) is 0 Å². The predicted molar refractivity (Wildman–Crippen MR) is 80.6 cm³/mol. The summed E-state index contributed by atoms with van der Waals surface area (Å²) in [4.78, 5) is 0. The molecule has 1 atom stereocenters. The molecule has 20 heavy (non-hydrogen) atoms. The van der Waals surface area contributed by atoms with Crippen molar-refractivity contribution in [3.8, 4) is 0 Å². The van der Waals surface area contributed by atoms with Crippen molar-refractivity contribution in [2.24, 2.45) is 0 Å². The van der Waals surface area contributed by atoms with Crippen LogP contribution in [0.3, 0.4) is 0 Å². The molecule has 0 aliphatic carbocycles. The molecule has 1 nitrogen and oxygen atoms in total. The van der Waals surface area contributed by atoms with E-state index in [-0.39, 0.29) is 10.5 Å². The zero-order valence-electron chi connectivity index (χ0n) is 11.2. The third kappa shape index (κ3) is 3.44. The average Bonchev–Trinajstić information content (AvgIpc) is 2.45. The first-order valence-electron chi connectivity index (χ1n) is 6.56. The van der Waals surface area contributed by atoms with E-state index in [1.807, 2.05) is 37.3 Å². The summed E-state index contributed by atoms with van der Waals surface area (Å²) in [5, 5.41) is 3.27. The van der Waals surface area contributed by atoms with Crippen LogP contribution >= 0.6 is 15.9 Å². The lowest BCUT2D eigenvalue weighted by Gasteiger charge is -2.20. The second-order valence-electron chi connectivity index (χ2n) is 4.59. The fourth-order valence-corrected chi connectivity index (χ4v) is 2.42. The normalized spacial score (nSPS) is 12.4. The van der Waals surface area contributed by atoms with Crippen molar-refractivity contribution in [2.75, 3.05) is 6.54 Å². The van der Waals surface area contributed by atoms with E-state index in [1.165, 1.54) is 12.1 Å². The Kier molecular flexibility index (Phi) is 5.26. The van der Waals surface area contributed by atoms with Gasteiger partial charge in [0.25, 0.3) is 0 Å². The van der Waals surface area contributed by atoms with Crippen LogP contribution < -0.4 is 5.32 Å². The minimum absolute atomic E-state index is 0.140. The summed E-state index contributed by atoms with van der Waals surface area (Å²) in [5.41, 5.74) is 1.24. The Labute approximate surface area is 126 Å². The maximum atomic E-state index is 14.2. The van der Waals surface area contributed by atoms with Crippen LogP contribution in [0, 0.1) is 11.6 Å². The highest BCUT2D eigenvalue weighted by Crippen LogP contribution is 2.28. The summed E-state index contributed by atoms with van der Waals surface area (Å²) >= 11 is 3.00. The molecule has 0 radical (unpaired) electrons. The Bertz CT molecular complexity index is 572. The second kappa shape index (κ2) is 6.95. The topological polar surface area (TPSA) is 12.0 Å². The molecule has 0 spiro atoms. The van der Waals surface area contributed by atoms with Gasteiger partial charge in [-0.15, -0.1) is 0 Å². The molecule has 4 heteroatoms. The van der Waals surface area contributed by atoms with Crippen LogP contribution in [0.15, 0.2) is 46.9 Å². The highest BCUT2D eigenvalue weighted by atomic mass is 79.9. The van der Waals surface area contributed by atoms with Gasteiger partial charge in [0.1, 0.15) is 11.6 Å². The third-order valence-electron chi connectivity index (χ3n) is 3.08. The van der Waals surface area contributed by atoms with Gasteiger partial charge < -0.3 is 5.32 Å². The smallest absolute Gasteiger partial charge is 0.137 e. The monoisotopic (exact) mass is 339 g/mol. The van der Waals surface area contributed by atoms with E-state index in [2.05, 4.69) is 21.2 Å². The van der Waals surface area contributed by atoms with Crippen molar-refractivity contribution in [3.63, 3.8) is 0 Å². The minimum Gasteiger partial charge on any atom is -0.306 e. The lowest BCUT2D eigenvalue weighted by atomic mass is 9.98. The maximum Gasteiger partial charge on any atom is 0.137 e. The van der Waals surface area contributed by atoms with Crippen molar-refractivity contribution in [1.29, 1.82) is 0 Å². The molecule has 1 unspecified atom stereocenters. The standard InChI is InChI=1S/C16H16BrF2N/c1-2-8-20-16(11-6-4-3-5-7-11)12-9-15(19)13(17)10-14(12)18/h3-7,9-10,16,20H,2,8H2,1H3. The molecule has 2 aromatic carbocycles. The molecule has 0 aliphatic heterocycles. The highest BCUT2D eigenvalue weighted by molar-refractivity contribution is 9.10. The van der Waals surface area contributed by atoms with Crippen LogP contribution in [0.25, 0.3) is 0 Å². The number of halogens is 3. The lowest BCUT2D eigenvalue weighted by Crippen LogP contribution is -2.24. The van der Waals surface area contributed by atoms with Crippen LogP contribution in [0.5, 0.6) is 0 Å². The van der Waals surface area contributed by atoms with Gasteiger partial charge in [0.05, 0.1) is 10.5 Å². The largest absolute Gasteiger partial charge is 0.306 e. The van der Waals surface area contributed by atoms with E-state index in [0.29, 0.717) is 5.56 Å². The Morgan fingerprint density at radius 2 is 1.80 bits per heavy atom. The maximum absolute atomic E-state index is 14.2. The minimum atomic E-state index is -0.458. The zero-order valence-corrected chi connectivity index (χ0v) is 12.8. The molecular formula is C16H16BrF2N. The number of nitrogens with one attached hydrogen (secondary N) is 1. The van der Waals surface area contributed by atoms with E-state index < -0.39 is 11.6 Å². The van der Waals surface area contributed by atoms with Crippen molar-refractivity contribution in [2.45, 2.75) is 19.4 Å². The van der Waals surface area contributed by atoms with E-state index in [9.17, 15) is 8.78 Å². The van der Waals surface area contributed by atoms with E-state index in [0.717, 1.165) is 18.5 Å². The molecule has 0 fully saturated rings. The molecule has 0 saturated heterocycles. The van der Waals surface area contributed by atoms with Gasteiger partial charge >= 0.3 is 0 Å². The van der Waals surface area contributed by atoms with Crippen molar-refractivity contribution < 1.29 is 8.78 Å². The summed E-state index contributed by atoms with van der Waals surface area (Å²) in [6.07, 6.45) is 0.921. The number of rotatable bonds is 5. The van der Waals surface area contributed by atoms with Gasteiger partial charge in [-0.25, -0.2) is 8.78 Å². The zero-order chi connectivity index (χ0) is 14.5. The molecule has 2 aromatic rings. The van der Waals surface area contributed by atoms with E-state index >= 15 is 0 Å². The summed E-state index contributed by atoms with van der Waals surface area (Å²) < 4.78 is 28.0. The summed E-state index contributed by atoms with van der Waals surface area (Å²) in [7, 11) is 0. The van der Waals surface area contributed by atoms with Gasteiger partial charge in [0, 0.05) is 5.56 Å². The average molecular weight is 340 g/mol. The van der Waals surface area contributed by atoms with Gasteiger partial charge in [0.15, 0.2) is 0 Å². The number of benzene rings is 2.